The topological polar surface area (TPSA) is 105 Å². The molecule has 0 unspecified atom stereocenters. The van der Waals surface area contributed by atoms with Crippen LogP contribution in [0.2, 0.25) is 5.02 Å². The van der Waals surface area contributed by atoms with E-state index in [-0.39, 0.29) is 36.5 Å². The molecule has 2 aromatic carbocycles. The van der Waals surface area contributed by atoms with Gasteiger partial charge in [0.25, 0.3) is 0 Å². The second-order valence-corrected chi connectivity index (χ2v) is 10.3. The normalized spacial score (nSPS) is 18.8. The molecule has 0 bridgehead atoms. The first kappa shape index (κ1) is 26.7. The quantitative estimate of drug-likeness (QED) is 0.438. The van der Waals surface area contributed by atoms with Crippen molar-refractivity contribution in [3.8, 4) is 11.5 Å². The predicted molar refractivity (Wildman–Crippen MR) is 147 cm³/mol. The number of amides is 1. The zero-order valence-electron chi connectivity index (χ0n) is 21.8. The highest BCUT2D eigenvalue weighted by molar-refractivity contribution is 6.30. The van der Waals surface area contributed by atoms with Gasteiger partial charge < -0.3 is 24.4 Å². The highest BCUT2D eigenvalue weighted by Gasteiger charge is 2.40. The molecule has 2 atom stereocenters. The molecule has 9 nitrogen and oxygen atoms in total. The largest absolute Gasteiger partial charge is 0.496 e. The molecule has 5 rings (SSSR count). The monoisotopic (exact) mass is 550 g/mol. The zero-order valence-corrected chi connectivity index (χ0v) is 22.5. The molecule has 1 N–H and O–H groups in total. The number of aromatic nitrogens is 2. The van der Waals surface area contributed by atoms with Gasteiger partial charge in [-0.25, -0.2) is 14.8 Å². The van der Waals surface area contributed by atoms with E-state index in [9.17, 15) is 14.7 Å². The summed E-state index contributed by atoms with van der Waals surface area (Å²) < 4.78 is 11.3. The number of anilines is 1. The van der Waals surface area contributed by atoms with Crippen molar-refractivity contribution in [1.82, 2.24) is 14.9 Å². The third-order valence-electron chi connectivity index (χ3n) is 7.44. The van der Waals surface area contributed by atoms with Crippen LogP contribution in [-0.2, 0) is 17.8 Å². The van der Waals surface area contributed by atoms with Gasteiger partial charge in [0.1, 0.15) is 23.7 Å². The minimum atomic E-state index is -1.11. The minimum Gasteiger partial charge on any atom is -0.496 e. The van der Waals surface area contributed by atoms with Gasteiger partial charge in [-0.2, -0.15) is 0 Å². The number of benzene rings is 2. The molecule has 1 amide bonds. The molecule has 2 aliphatic heterocycles. The van der Waals surface area contributed by atoms with Crippen molar-refractivity contribution < 1.29 is 24.2 Å². The average Bonchev–Trinajstić information content (AvgIpc) is 3.26. The summed E-state index contributed by atoms with van der Waals surface area (Å²) in [6.07, 6.45) is 4.65. The molecule has 39 heavy (non-hydrogen) atoms. The molecule has 2 saturated heterocycles. The number of hydrogen-bond donors (Lipinski definition) is 1. The number of likely N-dealkylation sites (tertiary alicyclic amines) is 1. The number of halogens is 1. The van der Waals surface area contributed by atoms with E-state index in [0.717, 1.165) is 24.8 Å². The maximum absolute atomic E-state index is 13.5. The molecule has 0 radical (unpaired) electrons. The SMILES string of the molecule is COc1ccccc1CC(=O)N1CCCC[C@H]2CN(c3ncc(C(=O)O)c(COc4ccc(Cl)cc4)n3)C[C@H]21. The first-order chi connectivity index (χ1) is 18.9. The first-order valence-electron chi connectivity index (χ1n) is 13.1. The Morgan fingerprint density at radius 1 is 1.10 bits per heavy atom. The fraction of sp³-hybridized carbons (Fsp3) is 0.379. The lowest BCUT2D eigenvalue weighted by atomic mass is 9.98. The first-order valence-corrected chi connectivity index (χ1v) is 13.4. The number of ether oxygens (including phenoxy) is 2. The molecular weight excluding hydrogens is 520 g/mol. The number of rotatable bonds is 8. The number of fused-ring (bicyclic) bond motifs is 1. The molecule has 0 saturated carbocycles. The Kier molecular flexibility index (Phi) is 8.16. The van der Waals surface area contributed by atoms with Crippen molar-refractivity contribution in [1.29, 1.82) is 0 Å². The Bertz CT molecular complexity index is 1340. The molecule has 204 valence electrons. The summed E-state index contributed by atoms with van der Waals surface area (Å²) in [4.78, 5) is 38.4. The summed E-state index contributed by atoms with van der Waals surface area (Å²) in [6.45, 7) is 1.98. The molecule has 1 aromatic heterocycles. The van der Waals surface area contributed by atoms with Crippen LogP contribution in [0.4, 0.5) is 5.95 Å². The third kappa shape index (κ3) is 6.09. The fourth-order valence-corrected chi connectivity index (χ4v) is 5.59. The third-order valence-corrected chi connectivity index (χ3v) is 7.69. The van der Waals surface area contributed by atoms with Crippen molar-refractivity contribution in [2.45, 2.75) is 38.3 Å². The predicted octanol–water partition coefficient (Wildman–Crippen LogP) is 4.48. The summed E-state index contributed by atoms with van der Waals surface area (Å²) in [5, 5.41) is 10.3. The Labute approximate surface area is 232 Å². The number of carboxylic acid groups (broad SMARTS) is 1. The standard InChI is InChI=1S/C29H31ClN4O5/c1-38-26-8-3-2-6-19(26)14-27(35)34-13-5-4-7-20-16-33(17-25(20)34)29-31-15-23(28(36)37)24(32-29)18-39-22-11-9-21(30)10-12-22/h2-3,6,8-12,15,20,25H,4-5,7,13-14,16-18H2,1H3,(H,36,37)/t20-,25+/m0/s1. The van der Waals surface area contributed by atoms with E-state index in [1.54, 1.807) is 31.4 Å². The summed E-state index contributed by atoms with van der Waals surface area (Å²) in [6, 6.07) is 14.5. The van der Waals surface area contributed by atoms with Crippen LogP contribution in [-0.4, -0.2) is 64.6 Å². The van der Waals surface area contributed by atoms with Gasteiger partial charge in [0.05, 0.1) is 25.3 Å². The van der Waals surface area contributed by atoms with Gasteiger partial charge in [-0.15, -0.1) is 0 Å². The van der Waals surface area contributed by atoms with Crippen LogP contribution in [0.1, 0.15) is 40.9 Å². The van der Waals surface area contributed by atoms with Gasteiger partial charge in [-0.3, -0.25) is 4.79 Å². The second-order valence-electron chi connectivity index (χ2n) is 9.88. The van der Waals surface area contributed by atoms with Crippen molar-refractivity contribution in [2.24, 2.45) is 5.92 Å². The van der Waals surface area contributed by atoms with Gasteiger partial charge >= 0.3 is 5.97 Å². The van der Waals surface area contributed by atoms with Crippen molar-refractivity contribution >= 4 is 29.4 Å². The van der Waals surface area contributed by atoms with Crippen LogP contribution < -0.4 is 14.4 Å². The van der Waals surface area contributed by atoms with E-state index in [1.807, 2.05) is 29.2 Å². The van der Waals surface area contributed by atoms with Gasteiger partial charge in [0.15, 0.2) is 0 Å². The number of carbonyl (C=O) groups excluding carboxylic acids is 1. The molecule has 10 heteroatoms. The van der Waals surface area contributed by atoms with Gasteiger partial charge in [0, 0.05) is 36.4 Å². The summed E-state index contributed by atoms with van der Waals surface area (Å²) in [7, 11) is 1.62. The number of aromatic carboxylic acids is 1. The molecule has 2 aliphatic rings. The minimum absolute atomic E-state index is 0.00487. The van der Waals surface area contributed by atoms with Gasteiger partial charge in [0.2, 0.25) is 11.9 Å². The van der Waals surface area contributed by atoms with Gasteiger partial charge in [-0.05, 0) is 49.1 Å². The summed E-state index contributed by atoms with van der Waals surface area (Å²) in [5.74, 6) is 0.966. The van der Waals surface area contributed by atoms with Crippen molar-refractivity contribution in [3.63, 3.8) is 0 Å². The lowest BCUT2D eigenvalue weighted by Gasteiger charge is -2.30. The smallest absolute Gasteiger partial charge is 0.339 e. The van der Waals surface area contributed by atoms with Crippen LogP contribution in [0.3, 0.4) is 0 Å². The van der Waals surface area contributed by atoms with Crippen LogP contribution in [0.15, 0.2) is 54.7 Å². The number of nitrogens with zero attached hydrogens (tertiary/aromatic N) is 4. The van der Waals surface area contributed by atoms with E-state index < -0.39 is 5.97 Å². The molecule has 0 spiro atoms. The molecule has 3 heterocycles. The maximum Gasteiger partial charge on any atom is 0.339 e. The van der Waals surface area contributed by atoms with E-state index in [1.165, 1.54) is 6.20 Å². The number of carboxylic acids is 1. The summed E-state index contributed by atoms with van der Waals surface area (Å²) in [5.41, 5.74) is 1.16. The van der Waals surface area contributed by atoms with E-state index in [0.29, 0.717) is 47.8 Å². The van der Waals surface area contributed by atoms with Crippen LogP contribution in [0.25, 0.3) is 0 Å². The van der Waals surface area contributed by atoms with Crippen LogP contribution in [0, 0.1) is 5.92 Å². The molecule has 0 aliphatic carbocycles. The van der Waals surface area contributed by atoms with E-state index >= 15 is 0 Å². The Morgan fingerprint density at radius 3 is 2.67 bits per heavy atom. The average molecular weight is 551 g/mol. The van der Waals surface area contributed by atoms with Crippen LogP contribution in [0.5, 0.6) is 11.5 Å². The van der Waals surface area contributed by atoms with E-state index in [4.69, 9.17) is 21.1 Å². The lowest BCUT2D eigenvalue weighted by molar-refractivity contribution is -0.132. The zero-order chi connectivity index (χ0) is 27.4. The van der Waals surface area contributed by atoms with Crippen molar-refractivity contribution in [3.05, 3.63) is 76.6 Å². The highest BCUT2D eigenvalue weighted by atomic mass is 35.5. The summed E-state index contributed by atoms with van der Waals surface area (Å²) >= 11 is 5.95. The maximum atomic E-state index is 13.5. The number of para-hydroxylation sites is 1. The Morgan fingerprint density at radius 2 is 1.90 bits per heavy atom. The number of carbonyl (C=O) groups is 2. The number of hydrogen-bond acceptors (Lipinski definition) is 7. The van der Waals surface area contributed by atoms with Crippen LogP contribution >= 0.6 is 11.6 Å². The second kappa shape index (κ2) is 11.9. The highest BCUT2D eigenvalue weighted by Crippen LogP contribution is 2.33. The van der Waals surface area contributed by atoms with E-state index in [2.05, 4.69) is 14.9 Å². The Hall–Kier alpha value is -3.85. The molecular formula is C29H31ClN4O5. The Balaban J connectivity index is 1.34. The van der Waals surface area contributed by atoms with Gasteiger partial charge in [-0.1, -0.05) is 36.2 Å². The lowest BCUT2D eigenvalue weighted by Crippen LogP contribution is -2.45. The molecule has 3 aromatic rings. The van der Waals surface area contributed by atoms with Crippen molar-refractivity contribution in [2.75, 3.05) is 31.6 Å². The fourth-order valence-electron chi connectivity index (χ4n) is 5.46. The molecule has 2 fully saturated rings. The number of methoxy groups -OCH3 is 1.